The molecular formula is C23H15Br2NO3. The molecule has 1 aliphatic rings. The van der Waals surface area contributed by atoms with Gasteiger partial charge in [0.25, 0.3) is 0 Å². The van der Waals surface area contributed by atoms with Gasteiger partial charge in [0, 0.05) is 14.5 Å². The van der Waals surface area contributed by atoms with Gasteiger partial charge in [-0.15, -0.1) is 0 Å². The lowest BCUT2D eigenvalue weighted by Crippen LogP contribution is -2.06. The van der Waals surface area contributed by atoms with Gasteiger partial charge in [0.15, 0.2) is 5.70 Å². The minimum atomic E-state index is -0.488. The summed E-state index contributed by atoms with van der Waals surface area (Å²) in [7, 11) is 0. The molecule has 0 atom stereocenters. The van der Waals surface area contributed by atoms with E-state index in [2.05, 4.69) is 36.9 Å². The Labute approximate surface area is 185 Å². The van der Waals surface area contributed by atoms with Crippen LogP contribution in [0.25, 0.3) is 6.08 Å². The lowest BCUT2D eigenvalue weighted by molar-refractivity contribution is -0.129. The van der Waals surface area contributed by atoms with Crippen molar-refractivity contribution in [2.24, 2.45) is 4.99 Å². The van der Waals surface area contributed by atoms with Gasteiger partial charge in [-0.3, -0.25) is 0 Å². The van der Waals surface area contributed by atoms with Crippen molar-refractivity contribution in [3.63, 3.8) is 0 Å². The number of para-hydroxylation sites is 1. The second-order valence-corrected chi connectivity index (χ2v) is 8.04. The number of carbonyl (C=O) groups excluding carboxylic acids is 1. The minimum Gasteiger partial charge on any atom is -0.488 e. The van der Waals surface area contributed by atoms with Gasteiger partial charge in [-0.2, -0.15) is 0 Å². The summed E-state index contributed by atoms with van der Waals surface area (Å²) in [4.78, 5) is 16.7. The third kappa shape index (κ3) is 4.66. The molecular weight excluding hydrogens is 498 g/mol. The lowest BCUT2D eigenvalue weighted by Gasteiger charge is -2.09. The fraction of sp³-hybridized carbons (Fsp3) is 0.0435. The zero-order valence-corrected chi connectivity index (χ0v) is 18.3. The van der Waals surface area contributed by atoms with E-state index >= 15 is 0 Å². The summed E-state index contributed by atoms with van der Waals surface area (Å²) in [6.07, 6.45) is 1.68. The molecule has 0 aromatic heterocycles. The smallest absolute Gasteiger partial charge is 0.363 e. The van der Waals surface area contributed by atoms with E-state index in [9.17, 15) is 4.79 Å². The molecule has 6 heteroatoms. The number of aliphatic imine (C=N–C) groups is 1. The normalized spacial score (nSPS) is 14.6. The number of halogens is 2. The van der Waals surface area contributed by atoms with Gasteiger partial charge in [-0.05, 0) is 57.9 Å². The summed E-state index contributed by atoms with van der Waals surface area (Å²) in [6.45, 7) is 0.412. The van der Waals surface area contributed by atoms with Crippen LogP contribution in [0.15, 0.2) is 92.4 Å². The molecule has 0 unspecified atom stereocenters. The zero-order chi connectivity index (χ0) is 20.2. The number of esters is 1. The van der Waals surface area contributed by atoms with Crippen LogP contribution >= 0.6 is 31.9 Å². The molecule has 4 rings (SSSR count). The van der Waals surface area contributed by atoms with Crippen molar-refractivity contribution in [2.45, 2.75) is 6.61 Å². The Morgan fingerprint density at radius 1 is 0.966 bits per heavy atom. The van der Waals surface area contributed by atoms with Crippen LogP contribution in [0.5, 0.6) is 5.75 Å². The van der Waals surface area contributed by atoms with Crippen molar-refractivity contribution >= 4 is 49.8 Å². The summed E-state index contributed by atoms with van der Waals surface area (Å²) in [5.41, 5.74) is 2.75. The molecule has 1 aliphatic heterocycles. The number of carbonyl (C=O) groups is 1. The fourth-order valence-corrected chi connectivity index (χ4v) is 3.73. The Balaban J connectivity index is 1.60. The molecule has 144 valence electrons. The highest BCUT2D eigenvalue weighted by Crippen LogP contribution is 2.27. The third-order valence-electron chi connectivity index (χ3n) is 4.22. The largest absolute Gasteiger partial charge is 0.488 e. The van der Waals surface area contributed by atoms with Crippen LogP contribution in [0.1, 0.15) is 16.7 Å². The molecule has 0 radical (unpaired) electrons. The van der Waals surface area contributed by atoms with Crippen LogP contribution in [0, 0.1) is 0 Å². The molecule has 0 spiro atoms. The van der Waals surface area contributed by atoms with Gasteiger partial charge in [0.2, 0.25) is 5.90 Å². The van der Waals surface area contributed by atoms with Gasteiger partial charge >= 0.3 is 5.97 Å². The molecule has 3 aromatic carbocycles. The van der Waals surface area contributed by atoms with E-state index in [1.807, 2.05) is 72.8 Å². The predicted octanol–water partition coefficient (Wildman–Crippen LogP) is 6.14. The molecule has 0 fully saturated rings. The van der Waals surface area contributed by atoms with Gasteiger partial charge in [0.1, 0.15) is 12.4 Å². The quantitative estimate of drug-likeness (QED) is 0.305. The first-order valence-corrected chi connectivity index (χ1v) is 10.4. The average molecular weight is 513 g/mol. The van der Waals surface area contributed by atoms with E-state index in [1.165, 1.54) is 0 Å². The average Bonchev–Trinajstić information content (AvgIpc) is 3.08. The van der Waals surface area contributed by atoms with Crippen LogP contribution in [0.4, 0.5) is 0 Å². The molecule has 0 amide bonds. The van der Waals surface area contributed by atoms with E-state index in [4.69, 9.17) is 9.47 Å². The number of hydrogen-bond donors (Lipinski definition) is 0. The minimum absolute atomic E-state index is 0.231. The standard InChI is InChI=1S/C23H15Br2NO3/c24-17-8-5-6-15(12-17)14-28-21-11-4-1-7-16(21)13-20-23(27)29-22(26-20)18-9-2-3-10-19(18)25/h1-13H,14H2/b20-13-. The molecule has 0 saturated carbocycles. The van der Waals surface area contributed by atoms with Crippen molar-refractivity contribution in [1.29, 1.82) is 0 Å². The topological polar surface area (TPSA) is 47.9 Å². The van der Waals surface area contributed by atoms with Gasteiger partial charge in [-0.1, -0.05) is 58.4 Å². The Kier molecular flexibility index (Phi) is 5.92. The maximum Gasteiger partial charge on any atom is 0.363 e. The van der Waals surface area contributed by atoms with Crippen molar-refractivity contribution < 1.29 is 14.3 Å². The monoisotopic (exact) mass is 511 g/mol. The van der Waals surface area contributed by atoms with E-state index in [-0.39, 0.29) is 11.6 Å². The molecule has 0 saturated heterocycles. The van der Waals surface area contributed by atoms with E-state index in [0.29, 0.717) is 12.4 Å². The zero-order valence-electron chi connectivity index (χ0n) is 15.1. The number of rotatable bonds is 5. The SMILES string of the molecule is O=C1OC(c2ccccc2Br)=N/C1=C\c1ccccc1OCc1cccc(Br)c1. The highest BCUT2D eigenvalue weighted by Gasteiger charge is 2.25. The maximum atomic E-state index is 12.3. The third-order valence-corrected chi connectivity index (χ3v) is 5.40. The molecule has 1 heterocycles. The summed E-state index contributed by atoms with van der Waals surface area (Å²) in [5, 5.41) is 0. The second-order valence-electron chi connectivity index (χ2n) is 6.27. The number of benzene rings is 3. The Hall–Kier alpha value is -2.70. The summed E-state index contributed by atoms with van der Waals surface area (Å²) >= 11 is 6.92. The molecule has 3 aromatic rings. The second kappa shape index (κ2) is 8.76. The Morgan fingerprint density at radius 2 is 1.76 bits per heavy atom. The lowest BCUT2D eigenvalue weighted by atomic mass is 10.1. The van der Waals surface area contributed by atoms with E-state index in [0.717, 1.165) is 25.6 Å². The van der Waals surface area contributed by atoms with Crippen molar-refractivity contribution in [1.82, 2.24) is 0 Å². The number of nitrogens with zero attached hydrogens (tertiary/aromatic N) is 1. The molecule has 0 N–H and O–H groups in total. The van der Waals surface area contributed by atoms with Crippen LogP contribution in [-0.2, 0) is 16.1 Å². The Morgan fingerprint density at radius 3 is 2.59 bits per heavy atom. The first-order chi connectivity index (χ1) is 14.1. The molecule has 0 bridgehead atoms. The van der Waals surface area contributed by atoms with E-state index < -0.39 is 5.97 Å². The van der Waals surface area contributed by atoms with Crippen molar-refractivity contribution in [3.05, 3.63) is 104 Å². The number of ether oxygens (including phenoxy) is 2. The van der Waals surface area contributed by atoms with Crippen LogP contribution in [0.2, 0.25) is 0 Å². The van der Waals surface area contributed by atoms with Crippen LogP contribution in [0.3, 0.4) is 0 Å². The van der Waals surface area contributed by atoms with Gasteiger partial charge in [-0.25, -0.2) is 9.79 Å². The number of cyclic esters (lactones) is 1. The van der Waals surface area contributed by atoms with Crippen molar-refractivity contribution in [3.8, 4) is 5.75 Å². The highest BCUT2D eigenvalue weighted by atomic mass is 79.9. The van der Waals surface area contributed by atoms with Crippen LogP contribution < -0.4 is 4.74 Å². The predicted molar refractivity (Wildman–Crippen MR) is 120 cm³/mol. The first-order valence-electron chi connectivity index (χ1n) is 8.84. The molecule has 4 nitrogen and oxygen atoms in total. The van der Waals surface area contributed by atoms with E-state index in [1.54, 1.807) is 6.08 Å². The number of hydrogen-bond acceptors (Lipinski definition) is 4. The van der Waals surface area contributed by atoms with Gasteiger partial charge in [0.05, 0.1) is 5.56 Å². The summed E-state index contributed by atoms with van der Waals surface area (Å²) in [5.74, 6) is 0.455. The molecule has 29 heavy (non-hydrogen) atoms. The highest BCUT2D eigenvalue weighted by molar-refractivity contribution is 9.10. The van der Waals surface area contributed by atoms with Gasteiger partial charge < -0.3 is 9.47 Å². The summed E-state index contributed by atoms with van der Waals surface area (Å²) < 4.78 is 13.2. The maximum absolute atomic E-state index is 12.3. The first kappa shape index (κ1) is 19.6. The Bertz CT molecular complexity index is 1140. The molecule has 0 aliphatic carbocycles. The summed E-state index contributed by atoms with van der Waals surface area (Å²) in [6, 6.07) is 22.9. The fourth-order valence-electron chi connectivity index (χ4n) is 2.83. The van der Waals surface area contributed by atoms with Crippen LogP contribution in [-0.4, -0.2) is 11.9 Å². The van der Waals surface area contributed by atoms with Crippen molar-refractivity contribution in [2.75, 3.05) is 0 Å².